The molecule has 0 radical (unpaired) electrons. The second kappa shape index (κ2) is 4.73. The molecule has 0 aromatic rings. The van der Waals surface area contributed by atoms with Gasteiger partial charge in [0.15, 0.2) is 0 Å². The van der Waals surface area contributed by atoms with Crippen molar-refractivity contribution in [2.45, 2.75) is 18.4 Å². The summed E-state index contributed by atoms with van der Waals surface area (Å²) in [5.74, 6) is 0. The monoisotopic (exact) mass is 150 g/mol. The van der Waals surface area contributed by atoms with E-state index in [2.05, 4.69) is 25.5 Å². The quantitative estimate of drug-likeness (QED) is 0.470. The summed E-state index contributed by atoms with van der Waals surface area (Å²) >= 11 is 0. The molecule has 0 bridgehead atoms. The first-order chi connectivity index (χ1) is 5.18. The molecule has 0 aliphatic heterocycles. The Balaban J connectivity index is 4.34. The zero-order chi connectivity index (χ0) is 8.74. The second-order valence-corrected chi connectivity index (χ2v) is 2.44. The van der Waals surface area contributed by atoms with E-state index in [0.29, 0.717) is 12.8 Å². The lowest BCUT2D eigenvalue weighted by Gasteiger charge is -2.19. The molecule has 0 aromatic heterocycles. The van der Waals surface area contributed by atoms with Crippen LogP contribution < -0.4 is 0 Å². The van der Waals surface area contributed by atoms with Gasteiger partial charge in [0.1, 0.15) is 0 Å². The van der Waals surface area contributed by atoms with Crippen LogP contribution in [0.15, 0.2) is 43.7 Å². The molecular formula is C10H14O. The van der Waals surface area contributed by atoms with Gasteiger partial charge in [-0.05, 0) is 18.9 Å². The highest BCUT2D eigenvalue weighted by Gasteiger charge is 2.18. The van der Waals surface area contributed by atoms with E-state index in [0.717, 1.165) is 0 Å². The van der Waals surface area contributed by atoms with Crippen molar-refractivity contribution >= 4 is 0 Å². The van der Waals surface area contributed by atoms with Gasteiger partial charge in [-0.2, -0.15) is 0 Å². The van der Waals surface area contributed by atoms with E-state index < -0.39 is 5.60 Å². The molecule has 1 heteroatoms. The van der Waals surface area contributed by atoms with Crippen LogP contribution in [0.1, 0.15) is 12.8 Å². The molecular weight excluding hydrogens is 136 g/mol. The number of hydrogen-bond acceptors (Lipinski definition) is 1. The lowest BCUT2D eigenvalue weighted by Crippen LogP contribution is -2.23. The van der Waals surface area contributed by atoms with Gasteiger partial charge in [-0.3, -0.25) is 0 Å². The molecule has 0 aliphatic rings. The predicted octanol–water partition coefficient (Wildman–Crippen LogP) is 2.21. The molecule has 0 rings (SSSR count). The highest BCUT2D eigenvalue weighted by molar-refractivity contribution is 5.05. The minimum absolute atomic E-state index is 0.502. The number of aliphatic hydroxyl groups is 1. The van der Waals surface area contributed by atoms with Crippen molar-refractivity contribution in [3.63, 3.8) is 0 Å². The molecule has 0 saturated carbocycles. The van der Waals surface area contributed by atoms with E-state index in [1.807, 2.05) is 0 Å². The van der Waals surface area contributed by atoms with Gasteiger partial charge in [-0.15, -0.1) is 18.9 Å². The molecule has 0 atom stereocenters. The Morgan fingerprint density at radius 2 is 1.73 bits per heavy atom. The molecule has 1 N–H and O–H groups in total. The summed E-state index contributed by atoms with van der Waals surface area (Å²) in [6.45, 7) is 10.5. The van der Waals surface area contributed by atoms with Crippen LogP contribution >= 0.6 is 0 Å². The third kappa shape index (κ3) is 3.61. The van der Waals surface area contributed by atoms with Crippen LogP contribution in [0.25, 0.3) is 0 Å². The molecule has 0 amide bonds. The third-order valence-electron chi connectivity index (χ3n) is 1.37. The Hall–Kier alpha value is -1.04. The van der Waals surface area contributed by atoms with Crippen LogP contribution in [0, 0.1) is 0 Å². The van der Waals surface area contributed by atoms with E-state index in [9.17, 15) is 5.11 Å². The maximum Gasteiger partial charge on any atom is 0.0969 e. The van der Waals surface area contributed by atoms with Crippen LogP contribution in [0.4, 0.5) is 0 Å². The summed E-state index contributed by atoms with van der Waals surface area (Å²) in [7, 11) is 0. The van der Waals surface area contributed by atoms with Crippen LogP contribution in [-0.4, -0.2) is 10.7 Å². The van der Waals surface area contributed by atoms with E-state index in [1.165, 1.54) is 6.08 Å². The molecule has 1 nitrogen and oxygen atoms in total. The van der Waals surface area contributed by atoms with Gasteiger partial charge in [0.05, 0.1) is 5.60 Å². The molecule has 0 heterocycles. The van der Waals surface area contributed by atoms with Crippen LogP contribution in [0.5, 0.6) is 0 Å². The molecule has 0 spiro atoms. The van der Waals surface area contributed by atoms with E-state index in [4.69, 9.17) is 0 Å². The highest BCUT2D eigenvalue weighted by atomic mass is 16.3. The first-order valence-corrected chi connectivity index (χ1v) is 3.49. The molecule has 60 valence electrons. The van der Waals surface area contributed by atoms with Crippen molar-refractivity contribution in [3.8, 4) is 0 Å². The first-order valence-electron chi connectivity index (χ1n) is 3.49. The highest BCUT2D eigenvalue weighted by Crippen LogP contribution is 2.17. The van der Waals surface area contributed by atoms with Gasteiger partial charge in [0.25, 0.3) is 0 Å². The Kier molecular flexibility index (Phi) is 4.28. The largest absolute Gasteiger partial charge is 0.384 e. The van der Waals surface area contributed by atoms with Gasteiger partial charge in [-0.25, -0.2) is 0 Å². The Bertz CT molecular complexity index is 175. The average molecular weight is 150 g/mol. The Morgan fingerprint density at radius 1 is 1.27 bits per heavy atom. The van der Waals surface area contributed by atoms with Crippen molar-refractivity contribution in [1.82, 2.24) is 0 Å². The Morgan fingerprint density at radius 3 is 2.00 bits per heavy atom. The minimum Gasteiger partial charge on any atom is -0.384 e. The molecule has 11 heavy (non-hydrogen) atoms. The summed E-state index contributed by atoms with van der Waals surface area (Å²) < 4.78 is 0. The van der Waals surface area contributed by atoms with Crippen molar-refractivity contribution in [2.24, 2.45) is 0 Å². The van der Waals surface area contributed by atoms with Gasteiger partial charge in [-0.1, -0.05) is 18.7 Å². The van der Waals surface area contributed by atoms with Gasteiger partial charge in [0.2, 0.25) is 0 Å². The summed E-state index contributed by atoms with van der Waals surface area (Å²) in [6, 6.07) is 0. The van der Waals surface area contributed by atoms with E-state index in [1.54, 1.807) is 12.2 Å². The maximum absolute atomic E-state index is 9.71. The fourth-order valence-corrected chi connectivity index (χ4v) is 0.891. The second-order valence-electron chi connectivity index (χ2n) is 2.44. The smallest absolute Gasteiger partial charge is 0.0969 e. The van der Waals surface area contributed by atoms with Gasteiger partial charge < -0.3 is 5.11 Å². The summed E-state index contributed by atoms with van der Waals surface area (Å²) in [4.78, 5) is 0. The molecule has 0 aliphatic carbocycles. The fourth-order valence-electron chi connectivity index (χ4n) is 0.891. The third-order valence-corrected chi connectivity index (χ3v) is 1.37. The van der Waals surface area contributed by atoms with Gasteiger partial charge >= 0.3 is 0 Å². The number of hydrogen-bond donors (Lipinski definition) is 1. The standard InChI is InChI=1S/C10H14O/c1-4-7-10(11,8-5-2)9-6-3/h4-5,9,11H,1-3,7-8H2. The Labute approximate surface area is 68.1 Å². The zero-order valence-corrected chi connectivity index (χ0v) is 6.71. The zero-order valence-electron chi connectivity index (χ0n) is 6.71. The summed E-state index contributed by atoms with van der Waals surface area (Å²) in [5, 5.41) is 9.71. The van der Waals surface area contributed by atoms with Crippen LogP contribution in [0.3, 0.4) is 0 Å². The summed E-state index contributed by atoms with van der Waals surface area (Å²) in [5.41, 5.74) is 1.67. The summed E-state index contributed by atoms with van der Waals surface area (Å²) in [6.07, 6.45) is 5.87. The van der Waals surface area contributed by atoms with Gasteiger partial charge in [0, 0.05) is 0 Å². The SMILES string of the molecule is C=C=CC(O)(CC=C)CC=C. The average Bonchev–Trinajstić information content (AvgIpc) is 1.88. The minimum atomic E-state index is -0.884. The van der Waals surface area contributed by atoms with Crippen molar-refractivity contribution in [1.29, 1.82) is 0 Å². The molecule has 0 saturated heterocycles. The predicted molar refractivity (Wildman–Crippen MR) is 48.3 cm³/mol. The topological polar surface area (TPSA) is 20.2 Å². The van der Waals surface area contributed by atoms with Crippen LogP contribution in [0.2, 0.25) is 0 Å². The lowest BCUT2D eigenvalue weighted by molar-refractivity contribution is 0.0979. The molecule has 0 aromatic carbocycles. The normalized spacial score (nSPS) is 9.91. The van der Waals surface area contributed by atoms with Crippen molar-refractivity contribution < 1.29 is 5.11 Å². The first kappa shape index (κ1) is 9.96. The van der Waals surface area contributed by atoms with Crippen LogP contribution in [-0.2, 0) is 0 Å². The molecule has 0 unspecified atom stereocenters. The fraction of sp³-hybridized carbons (Fsp3) is 0.300. The molecule has 0 fully saturated rings. The van der Waals surface area contributed by atoms with E-state index in [-0.39, 0.29) is 0 Å². The van der Waals surface area contributed by atoms with Crippen molar-refractivity contribution in [3.05, 3.63) is 43.7 Å². The maximum atomic E-state index is 9.71. The van der Waals surface area contributed by atoms with E-state index >= 15 is 0 Å². The number of rotatable bonds is 5. The van der Waals surface area contributed by atoms with Crippen molar-refractivity contribution in [2.75, 3.05) is 0 Å². The lowest BCUT2D eigenvalue weighted by atomic mass is 9.96.